The van der Waals surface area contributed by atoms with Crippen LogP contribution in [0.5, 0.6) is 0 Å². The summed E-state index contributed by atoms with van der Waals surface area (Å²) < 4.78 is 9.93. The van der Waals surface area contributed by atoms with Gasteiger partial charge in [0, 0.05) is 11.5 Å². The Balaban J connectivity index is 2.40. The van der Waals surface area contributed by atoms with Crippen LogP contribution in [-0.4, -0.2) is 16.1 Å². The smallest absolute Gasteiger partial charge is 0.417 e. The summed E-state index contributed by atoms with van der Waals surface area (Å²) in [6, 6.07) is 4.46. The van der Waals surface area contributed by atoms with Crippen molar-refractivity contribution in [2.45, 2.75) is 0 Å². The van der Waals surface area contributed by atoms with Crippen molar-refractivity contribution in [3.63, 3.8) is 0 Å². The fourth-order valence-electron chi connectivity index (χ4n) is 1.59. The van der Waals surface area contributed by atoms with E-state index in [9.17, 15) is 9.59 Å². The number of nitrogens with one attached hydrogen (secondary N) is 1. The van der Waals surface area contributed by atoms with Crippen molar-refractivity contribution in [3.8, 4) is 0 Å². The summed E-state index contributed by atoms with van der Waals surface area (Å²) in [5.41, 5.74) is 1.24. The largest absolute Gasteiger partial charge is 0.475 e. The SMILES string of the molecule is O=C(O)c1cc2cc3oc(=O)[nH]c3cc2o1. The zero-order valence-electron chi connectivity index (χ0n) is 7.81. The third-order valence-corrected chi connectivity index (χ3v) is 2.27. The first-order valence-corrected chi connectivity index (χ1v) is 4.43. The van der Waals surface area contributed by atoms with Crippen LogP contribution in [0.1, 0.15) is 10.6 Å². The van der Waals surface area contributed by atoms with E-state index in [4.69, 9.17) is 13.9 Å². The van der Waals surface area contributed by atoms with Crippen molar-refractivity contribution in [1.29, 1.82) is 0 Å². The number of hydrogen-bond donors (Lipinski definition) is 2. The molecule has 3 rings (SSSR count). The maximum Gasteiger partial charge on any atom is 0.417 e. The molecular formula is C10H5NO5. The molecule has 0 saturated carbocycles. The van der Waals surface area contributed by atoms with E-state index in [0.717, 1.165) is 0 Å². The highest BCUT2D eigenvalue weighted by Gasteiger charge is 2.12. The lowest BCUT2D eigenvalue weighted by Crippen LogP contribution is -1.92. The lowest BCUT2D eigenvalue weighted by Gasteiger charge is -1.87. The number of carboxylic acid groups (broad SMARTS) is 1. The lowest BCUT2D eigenvalue weighted by molar-refractivity contribution is 0.0665. The molecule has 0 bridgehead atoms. The van der Waals surface area contributed by atoms with E-state index in [1.54, 1.807) is 6.07 Å². The summed E-state index contributed by atoms with van der Waals surface area (Å²) in [7, 11) is 0. The first-order valence-electron chi connectivity index (χ1n) is 4.43. The van der Waals surface area contributed by atoms with E-state index >= 15 is 0 Å². The molecular weight excluding hydrogens is 214 g/mol. The number of fused-ring (bicyclic) bond motifs is 2. The van der Waals surface area contributed by atoms with E-state index in [-0.39, 0.29) is 5.76 Å². The van der Waals surface area contributed by atoms with Crippen molar-refractivity contribution in [1.82, 2.24) is 4.98 Å². The van der Waals surface area contributed by atoms with Crippen LogP contribution in [0.4, 0.5) is 0 Å². The zero-order chi connectivity index (χ0) is 11.3. The standard InChI is InChI=1S/C10H5NO5/c12-9(13)8-2-4-1-7-5(3-6(4)15-8)11-10(14)16-7/h1-3H,(H,11,14)(H,12,13). The van der Waals surface area contributed by atoms with Crippen LogP contribution in [0, 0.1) is 0 Å². The maximum atomic E-state index is 10.9. The summed E-state index contributed by atoms with van der Waals surface area (Å²) in [5.74, 6) is -1.84. The number of carbonyl (C=O) groups is 1. The van der Waals surface area contributed by atoms with Gasteiger partial charge in [-0.25, -0.2) is 9.59 Å². The van der Waals surface area contributed by atoms with Gasteiger partial charge in [-0.05, 0) is 12.1 Å². The minimum absolute atomic E-state index is 0.148. The fraction of sp³-hybridized carbons (Fsp3) is 0. The van der Waals surface area contributed by atoms with Crippen LogP contribution in [0.15, 0.2) is 31.8 Å². The molecule has 2 aromatic heterocycles. The molecule has 0 aliphatic heterocycles. The summed E-state index contributed by atoms with van der Waals surface area (Å²) in [5, 5.41) is 9.32. The Morgan fingerprint density at radius 3 is 2.75 bits per heavy atom. The molecule has 1 aromatic carbocycles. The molecule has 0 aliphatic rings. The van der Waals surface area contributed by atoms with Crippen molar-refractivity contribution < 1.29 is 18.7 Å². The number of rotatable bonds is 1. The van der Waals surface area contributed by atoms with Gasteiger partial charge in [0.2, 0.25) is 5.76 Å². The first kappa shape index (κ1) is 8.78. The normalized spacial score (nSPS) is 11.2. The summed E-state index contributed by atoms with van der Waals surface area (Å²) in [6.07, 6.45) is 0. The average molecular weight is 219 g/mol. The van der Waals surface area contributed by atoms with Crippen molar-refractivity contribution in [2.24, 2.45) is 0 Å². The van der Waals surface area contributed by atoms with E-state index in [0.29, 0.717) is 22.1 Å². The molecule has 6 heteroatoms. The highest BCUT2D eigenvalue weighted by molar-refractivity contribution is 5.96. The number of hydrogen-bond acceptors (Lipinski definition) is 4. The number of benzene rings is 1. The molecule has 16 heavy (non-hydrogen) atoms. The molecule has 80 valence electrons. The second kappa shape index (κ2) is 2.75. The molecule has 2 heterocycles. The van der Waals surface area contributed by atoms with Gasteiger partial charge in [-0.2, -0.15) is 0 Å². The molecule has 6 nitrogen and oxygen atoms in total. The number of aromatic nitrogens is 1. The Morgan fingerprint density at radius 1 is 1.19 bits per heavy atom. The predicted octanol–water partition coefficient (Wildman–Crippen LogP) is 1.57. The van der Waals surface area contributed by atoms with Gasteiger partial charge in [-0.15, -0.1) is 0 Å². The molecule has 0 radical (unpaired) electrons. The highest BCUT2D eigenvalue weighted by Crippen LogP contribution is 2.24. The minimum Gasteiger partial charge on any atom is -0.475 e. The summed E-state index contributed by atoms with van der Waals surface area (Å²) in [4.78, 5) is 24.1. The molecule has 0 fully saturated rings. The molecule has 0 spiro atoms. The van der Waals surface area contributed by atoms with Gasteiger partial charge in [0.05, 0.1) is 5.52 Å². The van der Waals surface area contributed by atoms with Gasteiger partial charge in [-0.1, -0.05) is 0 Å². The van der Waals surface area contributed by atoms with Gasteiger partial charge < -0.3 is 13.9 Å². The van der Waals surface area contributed by atoms with Gasteiger partial charge in [0.25, 0.3) is 0 Å². The maximum absolute atomic E-state index is 10.9. The summed E-state index contributed by atoms with van der Waals surface area (Å²) >= 11 is 0. The van der Waals surface area contributed by atoms with Crippen LogP contribution in [0.3, 0.4) is 0 Å². The quantitative estimate of drug-likeness (QED) is 0.647. The van der Waals surface area contributed by atoms with Crippen LogP contribution in [0.25, 0.3) is 22.1 Å². The summed E-state index contributed by atoms with van der Waals surface area (Å²) in [6.45, 7) is 0. The van der Waals surface area contributed by atoms with Crippen LogP contribution < -0.4 is 5.76 Å². The van der Waals surface area contributed by atoms with Crippen molar-refractivity contribution in [3.05, 3.63) is 34.5 Å². The topological polar surface area (TPSA) is 96.4 Å². The number of furan rings is 1. The van der Waals surface area contributed by atoms with Crippen molar-refractivity contribution >= 4 is 28.0 Å². The third-order valence-electron chi connectivity index (χ3n) is 2.27. The zero-order valence-corrected chi connectivity index (χ0v) is 7.81. The number of H-pyrrole nitrogens is 1. The second-order valence-electron chi connectivity index (χ2n) is 3.32. The van der Waals surface area contributed by atoms with Gasteiger partial charge in [0.15, 0.2) is 5.58 Å². The van der Waals surface area contributed by atoms with Gasteiger partial charge >= 0.3 is 11.7 Å². The molecule has 3 aromatic rings. The molecule has 2 N–H and O–H groups in total. The molecule has 0 saturated heterocycles. The number of aromatic amines is 1. The Labute approximate surface area is 87.1 Å². The Morgan fingerprint density at radius 2 is 2.00 bits per heavy atom. The highest BCUT2D eigenvalue weighted by atomic mass is 16.4. The van der Waals surface area contributed by atoms with Crippen LogP contribution >= 0.6 is 0 Å². The third kappa shape index (κ3) is 1.13. The molecule has 0 amide bonds. The Kier molecular flexibility index (Phi) is 1.51. The number of oxazole rings is 1. The molecule has 0 atom stereocenters. The Hall–Kier alpha value is -2.50. The number of carboxylic acids is 1. The van der Waals surface area contributed by atoms with Gasteiger partial charge in [0.1, 0.15) is 5.58 Å². The number of aromatic carboxylic acids is 1. The van der Waals surface area contributed by atoms with E-state index in [1.165, 1.54) is 12.1 Å². The fourth-order valence-corrected chi connectivity index (χ4v) is 1.59. The van der Waals surface area contributed by atoms with E-state index in [1.807, 2.05) is 0 Å². The first-order chi connectivity index (χ1) is 7.63. The van der Waals surface area contributed by atoms with Crippen molar-refractivity contribution in [2.75, 3.05) is 0 Å². The second-order valence-corrected chi connectivity index (χ2v) is 3.32. The predicted molar refractivity (Wildman–Crippen MR) is 53.6 cm³/mol. The van der Waals surface area contributed by atoms with E-state index < -0.39 is 11.7 Å². The van der Waals surface area contributed by atoms with E-state index in [2.05, 4.69) is 4.98 Å². The molecule has 0 unspecified atom stereocenters. The Bertz CT molecular complexity index is 706. The molecule has 0 aliphatic carbocycles. The van der Waals surface area contributed by atoms with Gasteiger partial charge in [-0.3, -0.25) is 4.98 Å². The monoisotopic (exact) mass is 219 g/mol. The van der Waals surface area contributed by atoms with Crippen LogP contribution in [0.2, 0.25) is 0 Å². The minimum atomic E-state index is -1.14. The lowest BCUT2D eigenvalue weighted by atomic mass is 10.2. The van der Waals surface area contributed by atoms with Crippen LogP contribution in [-0.2, 0) is 0 Å². The average Bonchev–Trinajstić information content (AvgIpc) is 2.74.